The Morgan fingerprint density at radius 3 is 2.08 bits per heavy atom. The second-order valence-corrected chi connectivity index (χ2v) is 7.65. The molecular weight excluding hydrogens is 326 g/mol. The largest absolute Gasteiger partial charge is 0.323 e. The van der Waals surface area contributed by atoms with E-state index >= 15 is 0 Å². The lowest BCUT2D eigenvalue weighted by Crippen LogP contribution is -2.17. The van der Waals surface area contributed by atoms with Crippen molar-refractivity contribution in [3.8, 4) is 0 Å². The molecular formula is C17H19N3O3S. The summed E-state index contributed by atoms with van der Waals surface area (Å²) in [5.41, 5.74) is 4.59. The number of anilines is 1. The average molecular weight is 345 g/mol. The van der Waals surface area contributed by atoms with E-state index in [9.17, 15) is 13.2 Å². The number of aromatic nitrogens is 2. The van der Waals surface area contributed by atoms with Gasteiger partial charge in [-0.3, -0.25) is 4.72 Å². The van der Waals surface area contributed by atoms with E-state index in [1.54, 1.807) is 18.2 Å². The minimum atomic E-state index is -3.73. The molecule has 1 aromatic heterocycles. The van der Waals surface area contributed by atoms with Gasteiger partial charge >= 0.3 is 5.69 Å². The van der Waals surface area contributed by atoms with Crippen molar-refractivity contribution in [3.63, 3.8) is 0 Å². The van der Waals surface area contributed by atoms with Gasteiger partial charge in [-0.1, -0.05) is 6.07 Å². The molecule has 0 atom stereocenters. The second kappa shape index (κ2) is 5.52. The summed E-state index contributed by atoms with van der Waals surface area (Å²) >= 11 is 0. The molecule has 0 amide bonds. The topological polar surface area (TPSA) is 94.8 Å². The molecule has 126 valence electrons. The third-order valence-corrected chi connectivity index (χ3v) is 5.99. The first-order valence-corrected chi connectivity index (χ1v) is 8.99. The van der Waals surface area contributed by atoms with Crippen LogP contribution in [0.25, 0.3) is 11.0 Å². The minimum absolute atomic E-state index is 0.308. The van der Waals surface area contributed by atoms with E-state index in [4.69, 9.17) is 0 Å². The highest BCUT2D eigenvalue weighted by molar-refractivity contribution is 7.92. The van der Waals surface area contributed by atoms with Crippen molar-refractivity contribution in [2.24, 2.45) is 0 Å². The van der Waals surface area contributed by atoms with Crippen LogP contribution in [0.5, 0.6) is 0 Å². The van der Waals surface area contributed by atoms with Crippen LogP contribution in [0, 0.1) is 27.7 Å². The summed E-state index contributed by atoms with van der Waals surface area (Å²) in [6, 6.07) is 6.86. The molecule has 0 radical (unpaired) electrons. The number of hydrogen-bond donors (Lipinski definition) is 3. The third kappa shape index (κ3) is 2.71. The Bertz CT molecular complexity index is 1080. The van der Waals surface area contributed by atoms with Gasteiger partial charge in [0.1, 0.15) is 0 Å². The number of hydrogen-bond acceptors (Lipinski definition) is 3. The predicted octanol–water partition coefficient (Wildman–Crippen LogP) is 2.89. The zero-order chi connectivity index (χ0) is 17.6. The van der Waals surface area contributed by atoms with E-state index in [0.717, 1.165) is 22.3 Å². The lowest BCUT2D eigenvalue weighted by atomic mass is 10.0. The maximum atomic E-state index is 12.9. The van der Waals surface area contributed by atoms with Crippen LogP contribution in [-0.4, -0.2) is 18.4 Å². The van der Waals surface area contributed by atoms with Gasteiger partial charge in [-0.2, -0.15) is 0 Å². The summed E-state index contributed by atoms with van der Waals surface area (Å²) in [7, 11) is -3.73. The highest BCUT2D eigenvalue weighted by Crippen LogP contribution is 2.28. The van der Waals surface area contributed by atoms with Gasteiger partial charge in [0, 0.05) is 0 Å². The highest BCUT2D eigenvalue weighted by atomic mass is 32.2. The Balaban J connectivity index is 2.09. The molecule has 24 heavy (non-hydrogen) atoms. The molecule has 0 saturated heterocycles. The monoisotopic (exact) mass is 345 g/mol. The number of rotatable bonds is 3. The number of sulfonamides is 1. The maximum absolute atomic E-state index is 12.9. The van der Waals surface area contributed by atoms with Crippen molar-refractivity contribution in [3.05, 3.63) is 57.0 Å². The molecule has 0 fully saturated rings. The van der Waals surface area contributed by atoms with Gasteiger partial charge in [-0.25, -0.2) is 13.2 Å². The van der Waals surface area contributed by atoms with Crippen LogP contribution in [-0.2, 0) is 10.0 Å². The van der Waals surface area contributed by atoms with Crippen LogP contribution in [0.15, 0.2) is 34.0 Å². The van der Waals surface area contributed by atoms with E-state index in [1.807, 2.05) is 33.8 Å². The molecule has 2 aromatic carbocycles. The average Bonchev–Trinajstić information content (AvgIpc) is 2.84. The maximum Gasteiger partial charge on any atom is 0.323 e. The number of imidazole rings is 1. The molecule has 6 nitrogen and oxygen atoms in total. The Morgan fingerprint density at radius 1 is 0.875 bits per heavy atom. The molecule has 7 heteroatoms. The van der Waals surface area contributed by atoms with Crippen molar-refractivity contribution in [2.75, 3.05) is 4.72 Å². The zero-order valence-corrected chi connectivity index (χ0v) is 14.8. The van der Waals surface area contributed by atoms with Crippen LogP contribution in [0.1, 0.15) is 22.3 Å². The van der Waals surface area contributed by atoms with E-state index in [-0.39, 0.29) is 5.69 Å². The fraction of sp³-hybridized carbons (Fsp3) is 0.235. The Kier molecular flexibility index (Phi) is 3.76. The summed E-state index contributed by atoms with van der Waals surface area (Å²) < 4.78 is 28.4. The molecule has 0 spiro atoms. The summed E-state index contributed by atoms with van der Waals surface area (Å²) in [4.78, 5) is 16.9. The molecule has 1 heterocycles. The number of benzene rings is 2. The first-order valence-electron chi connectivity index (χ1n) is 7.51. The quantitative estimate of drug-likeness (QED) is 0.681. The summed E-state index contributed by atoms with van der Waals surface area (Å²) in [5.74, 6) is 0. The van der Waals surface area contributed by atoms with Crippen LogP contribution in [0.2, 0.25) is 0 Å². The number of H-pyrrole nitrogens is 2. The van der Waals surface area contributed by atoms with Crippen LogP contribution >= 0.6 is 0 Å². The summed E-state index contributed by atoms with van der Waals surface area (Å²) in [6.45, 7) is 7.42. The van der Waals surface area contributed by atoms with E-state index < -0.39 is 10.0 Å². The number of nitrogens with one attached hydrogen (secondary N) is 3. The van der Waals surface area contributed by atoms with Crippen molar-refractivity contribution >= 4 is 26.7 Å². The fourth-order valence-electron chi connectivity index (χ4n) is 2.89. The molecule has 3 rings (SSSR count). The molecule has 0 aliphatic carbocycles. The van der Waals surface area contributed by atoms with Crippen molar-refractivity contribution in [1.82, 2.24) is 9.97 Å². The fourth-order valence-corrected chi connectivity index (χ4v) is 4.55. The van der Waals surface area contributed by atoms with Crippen molar-refractivity contribution < 1.29 is 8.42 Å². The van der Waals surface area contributed by atoms with Gasteiger partial charge in [0.15, 0.2) is 0 Å². The molecule has 3 aromatic rings. The lowest BCUT2D eigenvalue weighted by molar-refractivity contribution is 0.599. The first kappa shape index (κ1) is 16.3. The van der Waals surface area contributed by atoms with Gasteiger partial charge in [0.2, 0.25) is 0 Å². The van der Waals surface area contributed by atoms with Crippen LogP contribution < -0.4 is 10.4 Å². The van der Waals surface area contributed by atoms with Gasteiger partial charge in [-0.05, 0) is 68.1 Å². The molecule has 0 saturated carbocycles. The molecule has 0 unspecified atom stereocenters. The van der Waals surface area contributed by atoms with Gasteiger partial charge in [0.05, 0.1) is 21.6 Å². The first-order chi connectivity index (χ1) is 11.2. The lowest BCUT2D eigenvalue weighted by Gasteiger charge is -2.16. The minimum Gasteiger partial charge on any atom is -0.306 e. The smallest absolute Gasteiger partial charge is 0.306 e. The zero-order valence-electron chi connectivity index (χ0n) is 13.9. The Labute approximate surface area is 140 Å². The van der Waals surface area contributed by atoms with Gasteiger partial charge in [0.25, 0.3) is 10.0 Å². The second-order valence-electron chi connectivity index (χ2n) is 6.03. The van der Waals surface area contributed by atoms with Crippen LogP contribution in [0.3, 0.4) is 0 Å². The molecule has 0 bridgehead atoms. The third-order valence-electron chi connectivity index (χ3n) is 4.33. The number of fused-ring (bicyclic) bond motifs is 1. The molecule has 0 aliphatic rings. The van der Waals surface area contributed by atoms with Crippen molar-refractivity contribution in [1.29, 1.82) is 0 Å². The highest BCUT2D eigenvalue weighted by Gasteiger charge is 2.22. The van der Waals surface area contributed by atoms with E-state index in [0.29, 0.717) is 21.6 Å². The van der Waals surface area contributed by atoms with Gasteiger partial charge < -0.3 is 9.97 Å². The molecule has 0 aliphatic heterocycles. The van der Waals surface area contributed by atoms with Gasteiger partial charge in [-0.15, -0.1) is 0 Å². The predicted molar refractivity (Wildman–Crippen MR) is 95.1 cm³/mol. The van der Waals surface area contributed by atoms with Crippen LogP contribution in [0.4, 0.5) is 5.69 Å². The summed E-state index contributed by atoms with van der Waals surface area (Å²) in [6.07, 6.45) is 0. The number of aryl methyl sites for hydroxylation is 2. The summed E-state index contributed by atoms with van der Waals surface area (Å²) in [5, 5.41) is 0. The Hall–Kier alpha value is -2.54. The van der Waals surface area contributed by atoms with E-state index in [2.05, 4.69) is 14.7 Å². The normalized spacial score (nSPS) is 11.8. The standard InChI is InChI=1S/C17H19N3O3S/c1-9-7-10(2)12(4)16(11(9)3)24(22,23)20-13-5-6-14-15(8-13)19-17(21)18-14/h5-8,20H,1-4H3,(H2,18,19,21). The number of aromatic amines is 2. The SMILES string of the molecule is Cc1cc(C)c(C)c(S(=O)(=O)Nc2ccc3[nH]c(=O)[nH]c3c2)c1C. The Morgan fingerprint density at radius 2 is 1.46 bits per heavy atom. The van der Waals surface area contributed by atoms with E-state index in [1.165, 1.54) is 0 Å². The molecule has 3 N–H and O–H groups in total. The van der Waals surface area contributed by atoms with Crippen molar-refractivity contribution in [2.45, 2.75) is 32.6 Å².